The first-order valence-corrected chi connectivity index (χ1v) is 7.73. The van der Waals surface area contributed by atoms with E-state index in [2.05, 4.69) is 20.6 Å². The van der Waals surface area contributed by atoms with Crippen LogP contribution in [0.3, 0.4) is 0 Å². The lowest BCUT2D eigenvalue weighted by molar-refractivity contribution is 0.0913. The van der Waals surface area contributed by atoms with Gasteiger partial charge >= 0.3 is 0 Å². The number of benzene rings is 1. The molecule has 0 aliphatic heterocycles. The number of nitrogens with one attached hydrogen (secondary N) is 1. The van der Waals surface area contributed by atoms with Gasteiger partial charge in [-0.25, -0.2) is 4.98 Å². The minimum Gasteiger partial charge on any atom is -0.355 e. The second-order valence-corrected chi connectivity index (χ2v) is 5.88. The van der Waals surface area contributed by atoms with Crippen molar-refractivity contribution in [3.05, 3.63) is 54.2 Å². The summed E-state index contributed by atoms with van der Waals surface area (Å²) in [6, 6.07) is 10.9. The van der Waals surface area contributed by atoms with Crippen molar-refractivity contribution in [2.45, 2.75) is 19.9 Å². The van der Waals surface area contributed by atoms with Crippen molar-refractivity contribution in [2.24, 2.45) is 13.0 Å². The van der Waals surface area contributed by atoms with Crippen LogP contribution in [-0.2, 0) is 7.05 Å². The molecular formula is C17H19N5O2. The molecule has 0 aliphatic rings. The Bertz CT molecular complexity index is 822. The summed E-state index contributed by atoms with van der Waals surface area (Å²) in [5.74, 6) is 1.10. The van der Waals surface area contributed by atoms with Crippen LogP contribution in [0.15, 0.2) is 47.2 Å². The Labute approximate surface area is 139 Å². The van der Waals surface area contributed by atoms with Gasteiger partial charge in [-0.3, -0.25) is 9.48 Å². The van der Waals surface area contributed by atoms with Gasteiger partial charge in [0.1, 0.15) is 12.2 Å². The lowest BCUT2D eigenvalue weighted by Crippen LogP contribution is -2.33. The lowest BCUT2D eigenvalue weighted by Gasteiger charge is -2.20. The normalized spacial score (nSPS) is 12.3. The van der Waals surface area contributed by atoms with E-state index in [1.54, 1.807) is 17.8 Å². The van der Waals surface area contributed by atoms with Gasteiger partial charge in [-0.2, -0.15) is 5.10 Å². The number of nitrogens with zero attached hydrogens (tertiary/aromatic N) is 4. The molecule has 0 fully saturated rings. The number of aromatic nitrogens is 4. The minimum absolute atomic E-state index is 0.150. The van der Waals surface area contributed by atoms with Gasteiger partial charge in [-0.1, -0.05) is 49.3 Å². The second-order valence-electron chi connectivity index (χ2n) is 5.88. The topological polar surface area (TPSA) is 85.8 Å². The summed E-state index contributed by atoms with van der Waals surface area (Å²) in [5.41, 5.74) is 1.11. The van der Waals surface area contributed by atoms with E-state index in [1.165, 1.54) is 6.33 Å². The summed E-state index contributed by atoms with van der Waals surface area (Å²) in [6.45, 7) is 4.02. The Kier molecular flexibility index (Phi) is 4.41. The molecule has 0 spiro atoms. The Hall–Kier alpha value is -2.96. The van der Waals surface area contributed by atoms with E-state index in [0.29, 0.717) is 11.6 Å². The highest BCUT2D eigenvalue weighted by Gasteiger charge is 2.24. The first-order valence-electron chi connectivity index (χ1n) is 7.73. The second kappa shape index (κ2) is 6.66. The van der Waals surface area contributed by atoms with Gasteiger partial charge in [-0.15, -0.1) is 0 Å². The molecule has 0 saturated carbocycles. The van der Waals surface area contributed by atoms with Gasteiger partial charge in [0.25, 0.3) is 5.91 Å². The number of rotatable bonds is 5. The summed E-state index contributed by atoms with van der Waals surface area (Å²) >= 11 is 0. The molecule has 1 N–H and O–H groups in total. The van der Waals surface area contributed by atoms with Crippen LogP contribution in [0.2, 0.25) is 0 Å². The molecule has 2 heterocycles. The third-order valence-electron chi connectivity index (χ3n) is 3.78. The maximum absolute atomic E-state index is 12.5. The SMILES string of the molecule is CC(C)[C@@H](NC(=O)c1cc(-c2ccccc2)on1)c1ncnn1C. The number of carbonyl (C=O) groups excluding carboxylic acids is 1. The van der Waals surface area contributed by atoms with Crippen LogP contribution in [0.25, 0.3) is 11.3 Å². The molecule has 7 nitrogen and oxygen atoms in total. The number of carbonyl (C=O) groups is 1. The van der Waals surface area contributed by atoms with Gasteiger partial charge in [-0.05, 0) is 5.92 Å². The highest BCUT2D eigenvalue weighted by Crippen LogP contribution is 2.22. The van der Waals surface area contributed by atoms with Crippen LogP contribution in [0.1, 0.15) is 36.2 Å². The molecule has 3 rings (SSSR count). The largest absolute Gasteiger partial charge is 0.355 e. The molecule has 0 saturated heterocycles. The zero-order valence-electron chi connectivity index (χ0n) is 13.8. The van der Waals surface area contributed by atoms with Crippen LogP contribution < -0.4 is 5.32 Å². The van der Waals surface area contributed by atoms with Crippen molar-refractivity contribution < 1.29 is 9.32 Å². The maximum Gasteiger partial charge on any atom is 0.274 e. The van der Waals surface area contributed by atoms with E-state index in [0.717, 1.165) is 5.56 Å². The summed E-state index contributed by atoms with van der Waals surface area (Å²) < 4.78 is 6.94. The average molecular weight is 325 g/mol. The van der Waals surface area contributed by atoms with Crippen molar-refractivity contribution in [3.8, 4) is 11.3 Å². The predicted octanol–water partition coefficient (Wildman–Crippen LogP) is 2.60. The van der Waals surface area contributed by atoms with Crippen molar-refractivity contribution in [2.75, 3.05) is 0 Å². The number of aryl methyl sites for hydroxylation is 1. The molecule has 1 amide bonds. The Morgan fingerprint density at radius 2 is 2.00 bits per heavy atom. The molecule has 7 heteroatoms. The summed E-state index contributed by atoms with van der Waals surface area (Å²) in [7, 11) is 1.80. The van der Waals surface area contributed by atoms with Gasteiger partial charge in [0.05, 0.1) is 6.04 Å². The third-order valence-corrected chi connectivity index (χ3v) is 3.78. The molecule has 124 valence electrons. The van der Waals surface area contributed by atoms with Crippen LogP contribution in [0.5, 0.6) is 0 Å². The highest BCUT2D eigenvalue weighted by molar-refractivity contribution is 5.93. The van der Waals surface area contributed by atoms with E-state index in [-0.39, 0.29) is 23.6 Å². The van der Waals surface area contributed by atoms with Crippen molar-refractivity contribution >= 4 is 5.91 Å². The van der Waals surface area contributed by atoms with Crippen LogP contribution in [-0.4, -0.2) is 25.8 Å². The van der Waals surface area contributed by atoms with E-state index < -0.39 is 0 Å². The van der Waals surface area contributed by atoms with Gasteiger partial charge in [0.15, 0.2) is 11.5 Å². The Morgan fingerprint density at radius 1 is 1.25 bits per heavy atom. The first-order chi connectivity index (χ1) is 11.6. The fourth-order valence-corrected chi connectivity index (χ4v) is 2.45. The molecule has 3 aromatic rings. The van der Waals surface area contributed by atoms with E-state index in [4.69, 9.17) is 4.52 Å². The fraction of sp³-hybridized carbons (Fsp3) is 0.294. The molecule has 0 bridgehead atoms. The lowest BCUT2D eigenvalue weighted by atomic mass is 10.0. The Morgan fingerprint density at radius 3 is 2.62 bits per heavy atom. The quantitative estimate of drug-likeness (QED) is 0.779. The van der Waals surface area contributed by atoms with E-state index >= 15 is 0 Å². The maximum atomic E-state index is 12.5. The van der Waals surface area contributed by atoms with Crippen LogP contribution in [0.4, 0.5) is 0 Å². The minimum atomic E-state index is -0.303. The predicted molar refractivity (Wildman–Crippen MR) is 88.0 cm³/mol. The van der Waals surface area contributed by atoms with E-state index in [1.807, 2.05) is 44.2 Å². The smallest absolute Gasteiger partial charge is 0.274 e. The molecule has 2 aromatic heterocycles. The van der Waals surface area contributed by atoms with Crippen molar-refractivity contribution in [1.82, 2.24) is 25.2 Å². The first kappa shape index (κ1) is 15.9. The molecule has 24 heavy (non-hydrogen) atoms. The highest BCUT2D eigenvalue weighted by atomic mass is 16.5. The van der Waals surface area contributed by atoms with Crippen molar-refractivity contribution in [3.63, 3.8) is 0 Å². The summed E-state index contributed by atoms with van der Waals surface area (Å²) in [6.07, 6.45) is 1.47. The van der Waals surface area contributed by atoms with Gasteiger partial charge in [0.2, 0.25) is 0 Å². The Balaban J connectivity index is 1.79. The molecule has 0 aliphatic carbocycles. The third kappa shape index (κ3) is 3.19. The van der Waals surface area contributed by atoms with Gasteiger partial charge < -0.3 is 9.84 Å². The number of amides is 1. The molecular weight excluding hydrogens is 306 g/mol. The molecule has 0 radical (unpaired) electrons. The summed E-state index contributed by atoms with van der Waals surface area (Å²) in [5, 5.41) is 10.9. The van der Waals surface area contributed by atoms with Crippen LogP contribution in [0, 0.1) is 5.92 Å². The van der Waals surface area contributed by atoms with Crippen LogP contribution >= 0.6 is 0 Å². The molecule has 0 unspecified atom stereocenters. The van der Waals surface area contributed by atoms with E-state index in [9.17, 15) is 4.79 Å². The number of hydrogen-bond donors (Lipinski definition) is 1. The fourth-order valence-electron chi connectivity index (χ4n) is 2.45. The average Bonchev–Trinajstić information content (AvgIpc) is 3.22. The summed E-state index contributed by atoms with van der Waals surface area (Å²) in [4.78, 5) is 16.7. The van der Waals surface area contributed by atoms with Gasteiger partial charge in [0, 0.05) is 18.7 Å². The monoisotopic (exact) mass is 325 g/mol. The van der Waals surface area contributed by atoms with Crippen molar-refractivity contribution in [1.29, 1.82) is 0 Å². The zero-order chi connectivity index (χ0) is 17.1. The standard InChI is InChI=1S/C17H19N5O2/c1-11(2)15(16-18-10-19-22(16)3)20-17(23)13-9-14(24-21-13)12-7-5-4-6-8-12/h4-11,15H,1-3H3,(H,20,23)/t15-/m1/s1. The molecule has 1 aromatic carbocycles. The zero-order valence-corrected chi connectivity index (χ0v) is 13.8. The molecule has 1 atom stereocenters. The number of hydrogen-bond acceptors (Lipinski definition) is 5.